The second-order valence-corrected chi connectivity index (χ2v) is 9.20. The first-order chi connectivity index (χ1) is 11.4. The first kappa shape index (κ1) is 19.7. The van der Waals surface area contributed by atoms with Crippen LogP contribution in [0.25, 0.3) is 0 Å². The van der Waals surface area contributed by atoms with Gasteiger partial charge in [0.2, 0.25) is 10.0 Å². The van der Waals surface area contributed by atoms with Crippen LogP contribution in [0, 0.1) is 10.5 Å². The highest BCUT2D eigenvalue weighted by Gasteiger charge is 2.24. The lowest BCUT2D eigenvalue weighted by Gasteiger charge is -2.22. The quantitative estimate of drug-likeness (QED) is 0.404. The van der Waals surface area contributed by atoms with Crippen LogP contribution in [0.2, 0.25) is 0 Å². The second-order valence-electron chi connectivity index (χ2n) is 5.31. The van der Waals surface area contributed by atoms with Crippen LogP contribution in [0.15, 0.2) is 47.4 Å². The molecule has 7 heteroatoms. The summed E-state index contributed by atoms with van der Waals surface area (Å²) in [7, 11) is -1.92. The third-order valence-electron chi connectivity index (χ3n) is 3.57. The van der Waals surface area contributed by atoms with Crippen molar-refractivity contribution in [1.29, 1.82) is 0 Å². The first-order valence-electron chi connectivity index (χ1n) is 7.33. The van der Waals surface area contributed by atoms with Crippen LogP contribution >= 0.6 is 38.5 Å². The molecule has 0 spiro atoms. The SMILES string of the molecule is COc1ccc(CN(CCBr)S(=O)(=O)c2ccc(C)cc2)cc1I. The Labute approximate surface area is 165 Å². The molecule has 0 atom stereocenters. The number of benzene rings is 2. The van der Waals surface area contributed by atoms with E-state index in [2.05, 4.69) is 38.5 Å². The molecule has 4 nitrogen and oxygen atoms in total. The van der Waals surface area contributed by atoms with E-state index in [4.69, 9.17) is 4.74 Å². The minimum Gasteiger partial charge on any atom is -0.496 e. The predicted octanol–water partition coefficient (Wildman–Crippen LogP) is 4.19. The van der Waals surface area contributed by atoms with Crippen LogP contribution < -0.4 is 4.74 Å². The van der Waals surface area contributed by atoms with Gasteiger partial charge in [0.25, 0.3) is 0 Å². The maximum atomic E-state index is 12.9. The van der Waals surface area contributed by atoms with Gasteiger partial charge in [-0.05, 0) is 59.3 Å². The van der Waals surface area contributed by atoms with E-state index in [0.717, 1.165) is 20.4 Å². The van der Waals surface area contributed by atoms with Gasteiger partial charge in [-0.1, -0.05) is 39.7 Å². The Morgan fingerprint density at radius 3 is 2.38 bits per heavy atom. The normalized spacial score (nSPS) is 11.7. The molecule has 0 unspecified atom stereocenters. The van der Waals surface area contributed by atoms with Crippen molar-refractivity contribution in [2.24, 2.45) is 0 Å². The van der Waals surface area contributed by atoms with E-state index in [9.17, 15) is 8.42 Å². The van der Waals surface area contributed by atoms with Gasteiger partial charge in [0.05, 0.1) is 15.6 Å². The van der Waals surface area contributed by atoms with Gasteiger partial charge < -0.3 is 4.74 Å². The fourth-order valence-corrected chi connectivity index (χ4v) is 5.14. The van der Waals surface area contributed by atoms with Gasteiger partial charge in [-0.2, -0.15) is 4.31 Å². The Hall–Kier alpha value is -0.640. The fourth-order valence-electron chi connectivity index (χ4n) is 2.25. The minimum atomic E-state index is -3.54. The summed E-state index contributed by atoms with van der Waals surface area (Å²) in [6, 6.07) is 12.7. The van der Waals surface area contributed by atoms with Gasteiger partial charge in [0.15, 0.2) is 0 Å². The van der Waals surface area contributed by atoms with Gasteiger partial charge in [0, 0.05) is 18.4 Å². The van der Waals surface area contributed by atoms with E-state index >= 15 is 0 Å². The van der Waals surface area contributed by atoms with Crippen LogP contribution in [0.5, 0.6) is 5.75 Å². The molecule has 0 fully saturated rings. The molecule has 0 aliphatic carbocycles. The molecule has 0 aromatic heterocycles. The monoisotopic (exact) mass is 523 g/mol. The molecular weight excluding hydrogens is 505 g/mol. The molecule has 0 bridgehead atoms. The molecule has 2 aromatic carbocycles. The van der Waals surface area contributed by atoms with E-state index in [-0.39, 0.29) is 0 Å². The summed E-state index contributed by atoms with van der Waals surface area (Å²) in [5.74, 6) is 0.785. The number of halogens is 2. The molecule has 130 valence electrons. The van der Waals surface area contributed by atoms with E-state index in [1.807, 2.05) is 37.3 Å². The number of aryl methyl sites for hydroxylation is 1. The zero-order valence-electron chi connectivity index (χ0n) is 13.5. The molecule has 0 saturated carbocycles. The lowest BCUT2D eigenvalue weighted by molar-refractivity contribution is 0.409. The molecule has 0 saturated heterocycles. The third-order valence-corrected chi connectivity index (χ3v) is 6.62. The van der Waals surface area contributed by atoms with Crippen LogP contribution in [-0.2, 0) is 16.6 Å². The zero-order chi connectivity index (χ0) is 17.7. The number of alkyl halides is 1. The Morgan fingerprint density at radius 1 is 1.17 bits per heavy atom. The van der Waals surface area contributed by atoms with Gasteiger partial charge in [-0.15, -0.1) is 0 Å². The number of ether oxygens (including phenoxy) is 1. The average Bonchev–Trinajstić information content (AvgIpc) is 2.55. The molecule has 0 N–H and O–H groups in total. The zero-order valence-corrected chi connectivity index (χ0v) is 18.1. The van der Waals surface area contributed by atoms with Crippen molar-refractivity contribution in [2.45, 2.75) is 18.4 Å². The summed E-state index contributed by atoms with van der Waals surface area (Å²) in [6.45, 7) is 2.66. The summed E-state index contributed by atoms with van der Waals surface area (Å²) in [6.07, 6.45) is 0. The Balaban J connectivity index is 2.31. The highest BCUT2D eigenvalue weighted by atomic mass is 127. The molecule has 0 radical (unpaired) electrons. The second kappa shape index (κ2) is 8.64. The number of nitrogens with zero attached hydrogens (tertiary/aromatic N) is 1. The standard InChI is InChI=1S/C17H19BrINO3S/c1-13-3-6-15(7-4-13)24(21,22)20(10-9-18)12-14-5-8-17(23-2)16(19)11-14/h3-8,11H,9-10,12H2,1-2H3. The summed E-state index contributed by atoms with van der Waals surface area (Å²) in [5, 5.41) is 0.575. The van der Waals surface area contributed by atoms with E-state index in [1.54, 1.807) is 19.2 Å². The Kier molecular flexibility index (Phi) is 7.09. The van der Waals surface area contributed by atoms with Gasteiger partial charge >= 0.3 is 0 Å². The number of methoxy groups -OCH3 is 1. The maximum Gasteiger partial charge on any atom is 0.243 e. The van der Waals surface area contributed by atoms with Crippen molar-refractivity contribution >= 4 is 48.5 Å². The summed E-state index contributed by atoms with van der Waals surface area (Å²) in [4.78, 5) is 0.317. The predicted molar refractivity (Wildman–Crippen MR) is 108 cm³/mol. The summed E-state index contributed by atoms with van der Waals surface area (Å²) >= 11 is 5.54. The molecular formula is C17H19BrINO3S. The van der Waals surface area contributed by atoms with Gasteiger partial charge in [0.1, 0.15) is 5.75 Å². The maximum absolute atomic E-state index is 12.9. The van der Waals surface area contributed by atoms with E-state index in [0.29, 0.717) is 23.3 Å². The molecule has 0 heterocycles. The molecule has 2 aromatic rings. The Bertz CT molecular complexity index is 794. The van der Waals surface area contributed by atoms with Crippen LogP contribution in [0.4, 0.5) is 0 Å². The number of sulfonamides is 1. The molecule has 2 rings (SSSR count). The number of hydrogen-bond donors (Lipinski definition) is 0. The van der Waals surface area contributed by atoms with E-state index in [1.165, 1.54) is 4.31 Å². The number of hydrogen-bond acceptors (Lipinski definition) is 3. The summed E-state index contributed by atoms with van der Waals surface area (Å²) in [5.41, 5.74) is 1.96. The molecule has 0 aliphatic rings. The van der Waals surface area contributed by atoms with Crippen molar-refractivity contribution in [3.63, 3.8) is 0 Å². The van der Waals surface area contributed by atoms with Crippen molar-refractivity contribution in [1.82, 2.24) is 4.31 Å². The van der Waals surface area contributed by atoms with Crippen LogP contribution in [-0.4, -0.2) is 31.7 Å². The summed E-state index contributed by atoms with van der Waals surface area (Å²) < 4.78 is 33.6. The first-order valence-corrected chi connectivity index (χ1v) is 11.0. The lowest BCUT2D eigenvalue weighted by atomic mass is 10.2. The molecule has 0 amide bonds. The van der Waals surface area contributed by atoms with Gasteiger partial charge in [-0.3, -0.25) is 0 Å². The van der Waals surface area contributed by atoms with Crippen molar-refractivity contribution < 1.29 is 13.2 Å². The third kappa shape index (κ3) is 4.71. The van der Waals surface area contributed by atoms with Crippen molar-refractivity contribution in [2.75, 3.05) is 19.0 Å². The minimum absolute atomic E-state index is 0.317. The topological polar surface area (TPSA) is 46.6 Å². The lowest BCUT2D eigenvalue weighted by Crippen LogP contribution is -2.32. The van der Waals surface area contributed by atoms with Gasteiger partial charge in [-0.25, -0.2) is 8.42 Å². The highest BCUT2D eigenvalue weighted by molar-refractivity contribution is 14.1. The fraction of sp³-hybridized carbons (Fsp3) is 0.294. The Morgan fingerprint density at radius 2 is 1.83 bits per heavy atom. The highest BCUT2D eigenvalue weighted by Crippen LogP contribution is 2.24. The van der Waals surface area contributed by atoms with Crippen molar-refractivity contribution in [3.8, 4) is 5.75 Å². The van der Waals surface area contributed by atoms with E-state index < -0.39 is 10.0 Å². The smallest absolute Gasteiger partial charge is 0.243 e. The van der Waals surface area contributed by atoms with Crippen LogP contribution in [0.3, 0.4) is 0 Å². The van der Waals surface area contributed by atoms with Crippen LogP contribution in [0.1, 0.15) is 11.1 Å². The molecule has 0 aliphatic heterocycles. The average molecular weight is 524 g/mol. The van der Waals surface area contributed by atoms with Crippen molar-refractivity contribution in [3.05, 3.63) is 57.2 Å². The number of rotatable bonds is 7. The largest absolute Gasteiger partial charge is 0.496 e. The molecule has 24 heavy (non-hydrogen) atoms.